The van der Waals surface area contributed by atoms with Crippen LogP contribution in [0.25, 0.3) is 0 Å². The van der Waals surface area contributed by atoms with Crippen LogP contribution >= 0.6 is 0 Å². The molecule has 1 atom stereocenters. The van der Waals surface area contributed by atoms with E-state index < -0.39 is 27.8 Å². The van der Waals surface area contributed by atoms with Crippen LogP contribution in [0.3, 0.4) is 0 Å². The standard InChI is InChI=1S/C23H26N6O7/c1-3-24-23(31)26(11-12-36-2)15-22(30)27-21(17-5-4-6-19(13-17)29(34)35)14-20(25-27)16-7-9-18(10-8-16)28(32)33/h4-10,13,21H,3,11-12,14-15H2,1-2H3,(H,24,31)/t21-/m1/s1. The van der Waals surface area contributed by atoms with Crippen molar-refractivity contribution in [2.24, 2.45) is 5.10 Å². The number of hydrogen-bond donors (Lipinski definition) is 1. The van der Waals surface area contributed by atoms with Gasteiger partial charge in [0.05, 0.1) is 28.2 Å². The second kappa shape index (κ2) is 11.8. The van der Waals surface area contributed by atoms with E-state index in [-0.39, 0.29) is 37.5 Å². The van der Waals surface area contributed by atoms with Crippen LogP contribution < -0.4 is 5.32 Å². The van der Waals surface area contributed by atoms with Gasteiger partial charge in [-0.25, -0.2) is 9.80 Å². The quantitative estimate of drug-likeness (QED) is 0.389. The Kier molecular flexibility index (Phi) is 8.62. The summed E-state index contributed by atoms with van der Waals surface area (Å²) in [5, 5.41) is 30.7. The summed E-state index contributed by atoms with van der Waals surface area (Å²) in [7, 11) is 1.48. The number of benzene rings is 2. The number of non-ortho nitro benzene ring substituents is 2. The second-order valence-electron chi connectivity index (χ2n) is 7.91. The summed E-state index contributed by atoms with van der Waals surface area (Å²) >= 11 is 0. The molecule has 3 amide bonds. The molecule has 190 valence electrons. The summed E-state index contributed by atoms with van der Waals surface area (Å²) in [6.45, 7) is 2.22. The molecule has 0 spiro atoms. The normalized spacial score (nSPS) is 14.8. The summed E-state index contributed by atoms with van der Waals surface area (Å²) in [6, 6.07) is 10.6. The van der Waals surface area contributed by atoms with Crippen molar-refractivity contribution in [3.8, 4) is 0 Å². The van der Waals surface area contributed by atoms with Gasteiger partial charge in [0.1, 0.15) is 6.54 Å². The lowest BCUT2D eigenvalue weighted by atomic mass is 9.98. The first-order chi connectivity index (χ1) is 17.2. The van der Waals surface area contributed by atoms with Crippen molar-refractivity contribution in [2.45, 2.75) is 19.4 Å². The van der Waals surface area contributed by atoms with Crippen molar-refractivity contribution < 1.29 is 24.2 Å². The summed E-state index contributed by atoms with van der Waals surface area (Å²) in [5.41, 5.74) is 1.34. The first-order valence-electron chi connectivity index (χ1n) is 11.2. The van der Waals surface area contributed by atoms with Gasteiger partial charge in [0, 0.05) is 50.9 Å². The number of carbonyl (C=O) groups excluding carboxylic acids is 2. The minimum atomic E-state index is -0.666. The third-order valence-electron chi connectivity index (χ3n) is 5.55. The van der Waals surface area contributed by atoms with Gasteiger partial charge in [0.2, 0.25) is 0 Å². The van der Waals surface area contributed by atoms with Gasteiger partial charge in [0.15, 0.2) is 0 Å². The predicted octanol–water partition coefficient (Wildman–Crippen LogP) is 2.86. The number of ether oxygens (including phenoxy) is 1. The Labute approximate surface area is 206 Å². The van der Waals surface area contributed by atoms with E-state index in [1.54, 1.807) is 13.0 Å². The molecule has 3 rings (SSSR count). The Bertz CT molecular complexity index is 1170. The van der Waals surface area contributed by atoms with E-state index in [0.29, 0.717) is 23.4 Å². The van der Waals surface area contributed by atoms with Crippen LogP contribution in [0.2, 0.25) is 0 Å². The molecule has 0 fully saturated rings. The Morgan fingerprint density at radius 1 is 1.14 bits per heavy atom. The largest absolute Gasteiger partial charge is 0.383 e. The lowest BCUT2D eigenvalue weighted by molar-refractivity contribution is -0.385. The van der Waals surface area contributed by atoms with E-state index in [2.05, 4.69) is 10.4 Å². The van der Waals surface area contributed by atoms with Crippen LogP contribution in [0.5, 0.6) is 0 Å². The highest BCUT2D eigenvalue weighted by atomic mass is 16.6. The fraction of sp³-hybridized carbons (Fsp3) is 0.348. The Balaban J connectivity index is 1.94. The van der Waals surface area contributed by atoms with Crippen LogP contribution in [0.1, 0.15) is 30.5 Å². The third kappa shape index (κ3) is 6.18. The number of carbonyl (C=O) groups is 2. The molecule has 13 heteroatoms. The minimum absolute atomic E-state index is 0.0868. The number of methoxy groups -OCH3 is 1. The highest BCUT2D eigenvalue weighted by molar-refractivity contribution is 6.03. The van der Waals surface area contributed by atoms with Gasteiger partial charge in [0.25, 0.3) is 17.3 Å². The van der Waals surface area contributed by atoms with Crippen molar-refractivity contribution in [1.29, 1.82) is 0 Å². The molecule has 1 aliphatic heterocycles. The fourth-order valence-corrected chi connectivity index (χ4v) is 3.75. The average Bonchev–Trinajstić information content (AvgIpc) is 3.32. The van der Waals surface area contributed by atoms with E-state index in [4.69, 9.17) is 4.74 Å². The number of nitrogens with one attached hydrogen (secondary N) is 1. The van der Waals surface area contributed by atoms with Crippen LogP contribution in [0.15, 0.2) is 53.6 Å². The van der Waals surface area contributed by atoms with Crippen molar-refractivity contribution in [3.05, 3.63) is 79.9 Å². The van der Waals surface area contributed by atoms with E-state index in [1.165, 1.54) is 59.5 Å². The number of urea groups is 1. The van der Waals surface area contributed by atoms with Gasteiger partial charge in [-0.3, -0.25) is 25.0 Å². The Morgan fingerprint density at radius 3 is 2.44 bits per heavy atom. The van der Waals surface area contributed by atoms with Gasteiger partial charge in [-0.2, -0.15) is 5.10 Å². The van der Waals surface area contributed by atoms with Crippen LogP contribution in [-0.4, -0.2) is 70.8 Å². The molecule has 1 heterocycles. The van der Waals surface area contributed by atoms with Crippen LogP contribution in [0, 0.1) is 20.2 Å². The molecule has 0 radical (unpaired) electrons. The molecule has 0 saturated carbocycles. The minimum Gasteiger partial charge on any atom is -0.383 e. The van der Waals surface area contributed by atoms with E-state index in [0.717, 1.165) is 0 Å². The maximum Gasteiger partial charge on any atom is 0.317 e. The summed E-state index contributed by atoms with van der Waals surface area (Å²) < 4.78 is 5.05. The number of nitro groups is 2. The molecule has 0 bridgehead atoms. The second-order valence-corrected chi connectivity index (χ2v) is 7.91. The van der Waals surface area contributed by atoms with Gasteiger partial charge in [-0.05, 0) is 30.2 Å². The zero-order valence-corrected chi connectivity index (χ0v) is 19.8. The SMILES string of the molecule is CCNC(=O)N(CCOC)CC(=O)N1N=C(c2ccc([N+](=O)[O-])cc2)C[C@@H]1c1cccc([N+](=O)[O-])c1. The highest BCUT2D eigenvalue weighted by Gasteiger charge is 2.35. The lowest BCUT2D eigenvalue weighted by Gasteiger charge is -2.27. The van der Waals surface area contributed by atoms with Gasteiger partial charge in [-0.1, -0.05) is 12.1 Å². The topological polar surface area (TPSA) is 161 Å². The number of nitrogens with zero attached hydrogens (tertiary/aromatic N) is 5. The third-order valence-corrected chi connectivity index (χ3v) is 5.55. The fourth-order valence-electron chi connectivity index (χ4n) is 3.75. The summed E-state index contributed by atoms with van der Waals surface area (Å²) in [6.07, 6.45) is 0.226. The molecule has 0 unspecified atom stereocenters. The van der Waals surface area contributed by atoms with Gasteiger partial charge >= 0.3 is 6.03 Å². The van der Waals surface area contributed by atoms with E-state index in [9.17, 15) is 29.8 Å². The Hall–Kier alpha value is -4.39. The number of amides is 3. The predicted molar refractivity (Wildman–Crippen MR) is 129 cm³/mol. The molecule has 0 aromatic heterocycles. The maximum absolute atomic E-state index is 13.4. The first-order valence-corrected chi connectivity index (χ1v) is 11.2. The molecule has 2 aromatic carbocycles. The van der Waals surface area contributed by atoms with Crippen molar-refractivity contribution >= 4 is 29.0 Å². The molecular formula is C23H26N6O7. The molecule has 13 nitrogen and oxygen atoms in total. The molecule has 36 heavy (non-hydrogen) atoms. The number of hydrogen-bond acceptors (Lipinski definition) is 8. The highest BCUT2D eigenvalue weighted by Crippen LogP contribution is 2.34. The van der Waals surface area contributed by atoms with Crippen LogP contribution in [0.4, 0.5) is 16.2 Å². The smallest absolute Gasteiger partial charge is 0.317 e. The summed E-state index contributed by atoms with van der Waals surface area (Å²) in [4.78, 5) is 48.4. The Morgan fingerprint density at radius 2 is 1.83 bits per heavy atom. The molecule has 1 N–H and O–H groups in total. The van der Waals surface area contributed by atoms with E-state index in [1.807, 2.05) is 0 Å². The molecular weight excluding hydrogens is 472 g/mol. The van der Waals surface area contributed by atoms with Gasteiger partial charge < -0.3 is 15.0 Å². The summed E-state index contributed by atoms with van der Waals surface area (Å²) in [5.74, 6) is -0.495. The monoisotopic (exact) mass is 498 g/mol. The number of hydrazone groups is 1. The molecule has 0 aliphatic carbocycles. The molecule has 0 saturated heterocycles. The van der Waals surface area contributed by atoms with Crippen LogP contribution in [-0.2, 0) is 9.53 Å². The van der Waals surface area contributed by atoms with Crippen molar-refractivity contribution in [1.82, 2.24) is 15.2 Å². The molecule has 1 aliphatic rings. The van der Waals surface area contributed by atoms with Crippen molar-refractivity contribution in [3.63, 3.8) is 0 Å². The molecule has 2 aromatic rings. The van der Waals surface area contributed by atoms with Crippen molar-refractivity contribution in [2.75, 3.05) is 33.4 Å². The zero-order valence-electron chi connectivity index (χ0n) is 19.8. The zero-order chi connectivity index (χ0) is 26.2. The maximum atomic E-state index is 13.4. The lowest BCUT2D eigenvalue weighted by Crippen LogP contribution is -2.47. The van der Waals surface area contributed by atoms with Gasteiger partial charge in [-0.15, -0.1) is 0 Å². The average molecular weight is 498 g/mol. The van der Waals surface area contributed by atoms with E-state index >= 15 is 0 Å². The first kappa shape index (κ1) is 26.2. The number of rotatable bonds is 10. The number of nitro benzene ring substituents is 2.